The predicted molar refractivity (Wildman–Crippen MR) is 96.5 cm³/mol. The summed E-state index contributed by atoms with van der Waals surface area (Å²) in [5.74, 6) is -0.609. The zero-order chi connectivity index (χ0) is 18.7. The zero-order valence-corrected chi connectivity index (χ0v) is 14.4. The van der Waals surface area contributed by atoms with Crippen LogP contribution >= 0.6 is 11.3 Å². The van der Waals surface area contributed by atoms with Crippen LogP contribution in [0.15, 0.2) is 53.9 Å². The van der Waals surface area contributed by atoms with E-state index in [0.717, 1.165) is 28.5 Å². The molecule has 4 nitrogen and oxygen atoms in total. The van der Waals surface area contributed by atoms with E-state index < -0.39 is 17.6 Å². The minimum atomic E-state index is -4.49. The average Bonchev–Trinajstić information content (AvgIpc) is 3.10. The van der Waals surface area contributed by atoms with E-state index in [9.17, 15) is 18.0 Å². The van der Waals surface area contributed by atoms with Gasteiger partial charge in [0.15, 0.2) is 5.13 Å². The summed E-state index contributed by atoms with van der Waals surface area (Å²) in [5, 5.41) is 8.21. The second kappa shape index (κ2) is 7.17. The Morgan fingerprint density at radius 3 is 2.58 bits per heavy atom. The summed E-state index contributed by atoms with van der Waals surface area (Å²) >= 11 is 1.45. The van der Waals surface area contributed by atoms with Gasteiger partial charge in [0.05, 0.1) is 11.3 Å². The number of hydrogen-bond acceptors (Lipinski definition) is 4. The normalized spacial score (nSPS) is 11.2. The molecule has 0 atom stereocenters. The molecule has 8 heteroatoms. The van der Waals surface area contributed by atoms with E-state index in [1.165, 1.54) is 23.5 Å². The lowest BCUT2D eigenvalue weighted by Crippen LogP contribution is -2.13. The minimum Gasteiger partial charge on any atom is -0.365 e. The molecule has 0 spiro atoms. The Morgan fingerprint density at radius 2 is 1.88 bits per heavy atom. The summed E-state index contributed by atoms with van der Waals surface area (Å²) in [6.45, 7) is 0. The number of nitrogens with zero attached hydrogens (tertiary/aromatic N) is 1. The molecule has 0 unspecified atom stereocenters. The third-order valence-corrected chi connectivity index (χ3v) is 4.45. The number of benzene rings is 2. The minimum absolute atomic E-state index is 0.0589. The molecule has 1 aromatic heterocycles. The van der Waals surface area contributed by atoms with Crippen molar-refractivity contribution in [1.29, 1.82) is 0 Å². The third-order valence-electron chi connectivity index (χ3n) is 3.59. The molecule has 0 bridgehead atoms. The Hall–Kier alpha value is -2.87. The maximum absolute atomic E-state index is 12.8. The molecule has 1 amide bonds. The number of alkyl halides is 3. The third kappa shape index (κ3) is 4.02. The van der Waals surface area contributed by atoms with Crippen molar-refractivity contribution in [2.75, 3.05) is 17.7 Å². The van der Waals surface area contributed by atoms with Crippen molar-refractivity contribution < 1.29 is 18.0 Å². The Balaban J connectivity index is 1.81. The first-order valence-corrected chi connectivity index (χ1v) is 8.47. The molecule has 2 N–H and O–H groups in total. The molecule has 0 aliphatic rings. The molecule has 0 radical (unpaired) electrons. The second-order valence-corrected chi connectivity index (χ2v) is 6.26. The molecule has 0 saturated carbocycles. The molecule has 2 aromatic carbocycles. The van der Waals surface area contributed by atoms with Crippen LogP contribution < -0.4 is 10.6 Å². The monoisotopic (exact) mass is 377 g/mol. The van der Waals surface area contributed by atoms with E-state index in [-0.39, 0.29) is 5.56 Å². The maximum Gasteiger partial charge on any atom is 0.416 e. The Bertz CT molecular complexity index is 937. The highest BCUT2D eigenvalue weighted by atomic mass is 32.1. The topological polar surface area (TPSA) is 54.0 Å². The molecule has 1 heterocycles. The number of rotatable bonds is 4. The van der Waals surface area contributed by atoms with Crippen LogP contribution in [0.25, 0.3) is 11.3 Å². The van der Waals surface area contributed by atoms with Crippen LogP contribution in [-0.4, -0.2) is 17.9 Å². The van der Waals surface area contributed by atoms with Gasteiger partial charge in [0.1, 0.15) is 0 Å². The largest absolute Gasteiger partial charge is 0.416 e. The summed E-state index contributed by atoms with van der Waals surface area (Å²) in [6.07, 6.45) is -4.49. The van der Waals surface area contributed by atoms with Gasteiger partial charge in [0.25, 0.3) is 5.91 Å². The number of carbonyl (C=O) groups is 1. The summed E-state index contributed by atoms with van der Waals surface area (Å²) in [4.78, 5) is 16.7. The van der Waals surface area contributed by atoms with E-state index in [2.05, 4.69) is 15.6 Å². The Morgan fingerprint density at radius 1 is 1.12 bits per heavy atom. The van der Waals surface area contributed by atoms with Gasteiger partial charge in [-0.15, -0.1) is 11.3 Å². The highest BCUT2D eigenvalue weighted by Gasteiger charge is 2.30. The molecule has 3 aromatic rings. The number of thiazole rings is 1. The van der Waals surface area contributed by atoms with Gasteiger partial charge < -0.3 is 10.6 Å². The van der Waals surface area contributed by atoms with Crippen molar-refractivity contribution >= 4 is 28.1 Å². The van der Waals surface area contributed by atoms with Crippen LogP contribution in [0.2, 0.25) is 0 Å². The number of nitrogens with one attached hydrogen (secondary N) is 2. The van der Waals surface area contributed by atoms with E-state index in [4.69, 9.17) is 0 Å². The number of anilines is 2. The van der Waals surface area contributed by atoms with Gasteiger partial charge in [0, 0.05) is 29.2 Å². The Labute approximate surface area is 151 Å². The first kappa shape index (κ1) is 17.9. The molecule has 3 rings (SSSR count). The van der Waals surface area contributed by atoms with E-state index in [1.807, 2.05) is 11.4 Å². The lowest BCUT2D eigenvalue weighted by atomic mass is 10.1. The van der Waals surface area contributed by atoms with Gasteiger partial charge in [0.2, 0.25) is 0 Å². The molecule has 0 aliphatic heterocycles. The molecular weight excluding hydrogens is 363 g/mol. The first-order chi connectivity index (χ1) is 12.4. The fourth-order valence-corrected chi connectivity index (χ4v) is 3.00. The van der Waals surface area contributed by atoms with Crippen molar-refractivity contribution in [3.63, 3.8) is 0 Å². The van der Waals surface area contributed by atoms with Gasteiger partial charge in [-0.3, -0.25) is 4.79 Å². The number of hydrogen-bond donors (Lipinski definition) is 2. The summed E-state index contributed by atoms with van der Waals surface area (Å²) in [6, 6.07) is 11.3. The molecule has 0 fully saturated rings. The fourth-order valence-electron chi connectivity index (χ4n) is 2.32. The second-order valence-electron chi connectivity index (χ2n) is 5.40. The van der Waals surface area contributed by atoms with Gasteiger partial charge in [-0.1, -0.05) is 18.2 Å². The summed E-state index contributed by atoms with van der Waals surface area (Å²) in [5.41, 5.74) is 1.10. The summed E-state index contributed by atoms with van der Waals surface area (Å²) < 4.78 is 38.4. The van der Waals surface area contributed by atoms with E-state index >= 15 is 0 Å². The van der Waals surface area contributed by atoms with Crippen LogP contribution in [0.5, 0.6) is 0 Å². The average molecular weight is 377 g/mol. The lowest BCUT2D eigenvalue weighted by Gasteiger charge is -2.10. The van der Waals surface area contributed by atoms with Gasteiger partial charge in [-0.25, -0.2) is 4.98 Å². The number of halogens is 3. The van der Waals surface area contributed by atoms with Crippen LogP contribution in [0.4, 0.5) is 24.0 Å². The molecule has 134 valence electrons. The van der Waals surface area contributed by atoms with Crippen LogP contribution in [0.1, 0.15) is 15.9 Å². The van der Waals surface area contributed by atoms with Crippen LogP contribution in [0.3, 0.4) is 0 Å². The van der Waals surface area contributed by atoms with Crippen molar-refractivity contribution in [2.24, 2.45) is 0 Å². The number of amides is 1. The fraction of sp³-hybridized carbons (Fsp3) is 0.111. The summed E-state index contributed by atoms with van der Waals surface area (Å²) in [7, 11) is 1.77. The van der Waals surface area contributed by atoms with Crippen LogP contribution in [-0.2, 0) is 6.18 Å². The molecule has 26 heavy (non-hydrogen) atoms. The van der Waals surface area contributed by atoms with Crippen molar-refractivity contribution in [2.45, 2.75) is 6.18 Å². The highest BCUT2D eigenvalue weighted by molar-refractivity contribution is 7.14. The van der Waals surface area contributed by atoms with E-state index in [0.29, 0.717) is 5.69 Å². The zero-order valence-electron chi connectivity index (χ0n) is 13.6. The molecule has 0 saturated heterocycles. The van der Waals surface area contributed by atoms with Crippen molar-refractivity contribution in [3.05, 3.63) is 65.0 Å². The highest BCUT2D eigenvalue weighted by Crippen LogP contribution is 2.30. The van der Waals surface area contributed by atoms with Gasteiger partial charge >= 0.3 is 6.18 Å². The lowest BCUT2D eigenvalue weighted by molar-refractivity contribution is -0.137. The number of aromatic nitrogens is 1. The first-order valence-electron chi connectivity index (χ1n) is 7.59. The SMILES string of the molecule is CNc1nc(-c2cccc(NC(=O)c3cccc(C(F)(F)F)c3)c2)cs1. The quantitative estimate of drug-likeness (QED) is 0.663. The van der Waals surface area contributed by atoms with E-state index in [1.54, 1.807) is 25.2 Å². The Kier molecular flexibility index (Phi) is 4.94. The van der Waals surface area contributed by atoms with Crippen molar-refractivity contribution in [1.82, 2.24) is 4.98 Å². The molecule has 0 aliphatic carbocycles. The van der Waals surface area contributed by atoms with Crippen LogP contribution in [0, 0.1) is 0 Å². The van der Waals surface area contributed by atoms with Crippen molar-refractivity contribution in [3.8, 4) is 11.3 Å². The smallest absolute Gasteiger partial charge is 0.365 e. The van der Waals surface area contributed by atoms with Gasteiger partial charge in [-0.05, 0) is 30.3 Å². The maximum atomic E-state index is 12.8. The number of carbonyl (C=O) groups excluding carboxylic acids is 1. The predicted octanol–water partition coefficient (Wildman–Crippen LogP) is 5.12. The standard InChI is InChI=1S/C18H14F3N3OS/c1-22-17-24-15(10-26-17)11-4-3-7-14(9-11)23-16(25)12-5-2-6-13(8-12)18(19,20)21/h2-10H,1H3,(H,22,24)(H,23,25). The van der Waals surface area contributed by atoms with Gasteiger partial charge in [-0.2, -0.15) is 13.2 Å². The molecular formula is C18H14F3N3OS.